The predicted octanol–water partition coefficient (Wildman–Crippen LogP) is 4.93. The van der Waals surface area contributed by atoms with E-state index in [0.29, 0.717) is 5.41 Å². The van der Waals surface area contributed by atoms with Crippen LogP contribution in [0.15, 0.2) is 30.5 Å². The molecule has 0 saturated carbocycles. The van der Waals surface area contributed by atoms with Crippen LogP contribution in [0, 0.1) is 19.3 Å². The Kier molecular flexibility index (Phi) is 5.10. The van der Waals surface area contributed by atoms with Gasteiger partial charge in [0.2, 0.25) is 5.69 Å². The molecular formula is C22H34NSi+. The minimum atomic E-state index is -1.41. The summed E-state index contributed by atoms with van der Waals surface area (Å²) in [7, 11) is 0.783. The lowest BCUT2D eigenvalue weighted by molar-refractivity contribution is -0.660. The van der Waals surface area contributed by atoms with E-state index in [2.05, 4.69) is 96.3 Å². The molecule has 0 fully saturated rings. The predicted molar refractivity (Wildman–Crippen MR) is 109 cm³/mol. The van der Waals surface area contributed by atoms with Gasteiger partial charge in [0.1, 0.15) is 7.05 Å². The van der Waals surface area contributed by atoms with Crippen LogP contribution in [0.2, 0.25) is 19.6 Å². The maximum atomic E-state index is 2.48. The van der Waals surface area contributed by atoms with Crippen LogP contribution in [0.4, 0.5) is 0 Å². The highest BCUT2D eigenvalue weighted by Gasteiger charge is 2.28. The van der Waals surface area contributed by atoms with Crippen molar-refractivity contribution in [3.8, 4) is 11.3 Å². The smallest absolute Gasteiger partial charge is 0.201 e. The zero-order valence-electron chi connectivity index (χ0n) is 17.0. The molecule has 0 radical (unpaired) electrons. The Morgan fingerprint density at radius 2 is 1.62 bits per heavy atom. The first-order valence-electron chi connectivity index (χ1n) is 8.99. The lowest BCUT2D eigenvalue weighted by Gasteiger charge is -2.25. The number of aromatic nitrogens is 1. The van der Waals surface area contributed by atoms with Crippen molar-refractivity contribution in [2.24, 2.45) is 12.5 Å². The van der Waals surface area contributed by atoms with E-state index < -0.39 is 8.07 Å². The summed E-state index contributed by atoms with van der Waals surface area (Å²) in [6.45, 7) is 18.8. The molecule has 0 bridgehead atoms. The summed E-state index contributed by atoms with van der Waals surface area (Å²) < 4.78 is 2.33. The van der Waals surface area contributed by atoms with Crippen molar-refractivity contribution in [2.75, 3.05) is 0 Å². The molecule has 1 aromatic heterocycles. The van der Waals surface area contributed by atoms with Gasteiger partial charge in [0.15, 0.2) is 6.20 Å². The van der Waals surface area contributed by atoms with Crippen LogP contribution in [0.5, 0.6) is 0 Å². The fourth-order valence-electron chi connectivity index (χ4n) is 3.39. The summed E-state index contributed by atoms with van der Waals surface area (Å²) in [6.07, 6.45) is 3.52. The summed E-state index contributed by atoms with van der Waals surface area (Å²) >= 11 is 0. The van der Waals surface area contributed by atoms with E-state index in [1.165, 1.54) is 27.9 Å². The number of aryl methyl sites for hydroxylation is 3. The minimum absolute atomic E-state index is 0.308. The van der Waals surface area contributed by atoms with Gasteiger partial charge in [0, 0.05) is 17.2 Å². The monoisotopic (exact) mass is 340 g/mol. The van der Waals surface area contributed by atoms with Gasteiger partial charge in [-0.05, 0) is 42.5 Å². The number of benzene rings is 1. The molecule has 0 aliphatic rings. The highest BCUT2D eigenvalue weighted by molar-refractivity contribution is 6.89. The second-order valence-corrected chi connectivity index (χ2v) is 14.6. The van der Waals surface area contributed by atoms with Crippen molar-refractivity contribution in [3.05, 3.63) is 47.2 Å². The van der Waals surface area contributed by atoms with Gasteiger partial charge in [-0.2, -0.15) is 0 Å². The van der Waals surface area contributed by atoms with Gasteiger partial charge in [-0.1, -0.05) is 58.1 Å². The second kappa shape index (κ2) is 6.48. The molecule has 1 nitrogen and oxygen atoms in total. The average Bonchev–Trinajstić information content (AvgIpc) is 2.39. The molecule has 0 unspecified atom stereocenters. The molecule has 2 aromatic rings. The van der Waals surface area contributed by atoms with E-state index >= 15 is 0 Å². The zero-order chi connectivity index (χ0) is 18.3. The maximum Gasteiger partial charge on any atom is 0.212 e. The number of rotatable bonds is 3. The molecule has 0 amide bonds. The lowest BCUT2D eigenvalue weighted by atomic mass is 9.88. The highest BCUT2D eigenvalue weighted by atomic mass is 28.3. The Labute approximate surface area is 149 Å². The van der Waals surface area contributed by atoms with E-state index in [0.717, 1.165) is 6.42 Å². The quantitative estimate of drug-likeness (QED) is 0.551. The van der Waals surface area contributed by atoms with E-state index in [4.69, 9.17) is 0 Å². The summed E-state index contributed by atoms with van der Waals surface area (Å²) in [5, 5.41) is 1.60. The Morgan fingerprint density at radius 1 is 1.00 bits per heavy atom. The average molecular weight is 341 g/mol. The molecule has 0 N–H and O–H groups in total. The summed E-state index contributed by atoms with van der Waals surface area (Å²) in [6, 6.07) is 9.24. The highest BCUT2D eigenvalue weighted by Crippen LogP contribution is 2.25. The van der Waals surface area contributed by atoms with Crippen molar-refractivity contribution < 1.29 is 4.57 Å². The molecule has 130 valence electrons. The zero-order valence-corrected chi connectivity index (χ0v) is 18.0. The van der Waals surface area contributed by atoms with Crippen molar-refractivity contribution in [3.63, 3.8) is 0 Å². The van der Waals surface area contributed by atoms with E-state index in [1.807, 2.05) is 0 Å². The van der Waals surface area contributed by atoms with Crippen LogP contribution in [0.3, 0.4) is 0 Å². The second-order valence-electron chi connectivity index (χ2n) is 9.51. The molecule has 0 saturated heterocycles. The van der Waals surface area contributed by atoms with Crippen LogP contribution in [-0.2, 0) is 13.5 Å². The van der Waals surface area contributed by atoms with Gasteiger partial charge in [-0.3, -0.25) is 0 Å². The molecule has 24 heavy (non-hydrogen) atoms. The first kappa shape index (κ1) is 18.9. The Hall–Kier alpha value is -1.41. The number of hydrogen-bond acceptors (Lipinski definition) is 0. The van der Waals surface area contributed by atoms with Crippen LogP contribution in [0.25, 0.3) is 11.3 Å². The standard InChI is InChI=1S/C22H34NSi/c1-16-10-11-17(2)19(12-16)20-13-21(24(7,8)9)18(15-23(20)6)14-22(3,4)5/h10-13,15H,14H2,1-9H3/q+1. The molecular weight excluding hydrogens is 306 g/mol. The molecule has 0 aliphatic carbocycles. The summed E-state index contributed by atoms with van der Waals surface area (Å²) in [5.41, 5.74) is 7.20. The molecule has 2 heteroatoms. The van der Waals surface area contributed by atoms with E-state index in [1.54, 1.807) is 5.19 Å². The van der Waals surface area contributed by atoms with Crippen molar-refractivity contribution in [1.29, 1.82) is 0 Å². The third-order valence-electron chi connectivity index (χ3n) is 4.55. The van der Waals surface area contributed by atoms with Crippen molar-refractivity contribution in [1.82, 2.24) is 0 Å². The summed E-state index contributed by atoms with van der Waals surface area (Å²) in [5.74, 6) is 0. The SMILES string of the molecule is Cc1ccc(C)c(-c2cc([Si](C)(C)C)c(CC(C)(C)C)c[n+]2C)c1. The maximum absolute atomic E-state index is 2.48. The fraction of sp³-hybridized carbons (Fsp3) is 0.500. The first-order valence-corrected chi connectivity index (χ1v) is 12.5. The topological polar surface area (TPSA) is 3.88 Å². The van der Waals surface area contributed by atoms with E-state index in [-0.39, 0.29) is 0 Å². The number of nitrogens with zero attached hydrogens (tertiary/aromatic N) is 1. The largest absolute Gasteiger partial charge is 0.212 e. The van der Waals surface area contributed by atoms with Gasteiger partial charge in [-0.25, -0.2) is 4.57 Å². The normalized spacial score (nSPS) is 12.5. The van der Waals surface area contributed by atoms with Crippen molar-refractivity contribution in [2.45, 2.75) is 60.7 Å². The van der Waals surface area contributed by atoms with Crippen LogP contribution >= 0.6 is 0 Å². The Morgan fingerprint density at radius 3 is 2.17 bits per heavy atom. The fourth-order valence-corrected chi connectivity index (χ4v) is 5.08. The van der Waals surface area contributed by atoms with Gasteiger partial charge in [-0.15, -0.1) is 0 Å². The third-order valence-corrected chi connectivity index (χ3v) is 6.64. The van der Waals surface area contributed by atoms with Crippen LogP contribution in [0.1, 0.15) is 37.5 Å². The Balaban J connectivity index is 2.70. The number of hydrogen-bond donors (Lipinski definition) is 0. The molecule has 1 heterocycles. The minimum Gasteiger partial charge on any atom is -0.201 e. The van der Waals surface area contributed by atoms with Gasteiger partial charge in [0.05, 0.1) is 8.07 Å². The van der Waals surface area contributed by atoms with Crippen LogP contribution in [-0.4, -0.2) is 8.07 Å². The summed E-state index contributed by atoms with van der Waals surface area (Å²) in [4.78, 5) is 0. The third kappa shape index (κ3) is 4.35. The van der Waals surface area contributed by atoms with Crippen LogP contribution < -0.4 is 9.75 Å². The lowest BCUT2D eigenvalue weighted by Crippen LogP contribution is -2.45. The molecule has 0 atom stereocenters. The van der Waals surface area contributed by atoms with E-state index in [9.17, 15) is 0 Å². The molecule has 1 aromatic carbocycles. The van der Waals surface area contributed by atoms with Gasteiger partial charge < -0.3 is 0 Å². The Bertz CT molecular complexity index is 746. The van der Waals surface area contributed by atoms with Gasteiger partial charge >= 0.3 is 0 Å². The van der Waals surface area contributed by atoms with Gasteiger partial charge in [0.25, 0.3) is 0 Å². The van der Waals surface area contributed by atoms with Crippen molar-refractivity contribution >= 4 is 13.3 Å². The molecule has 0 spiro atoms. The molecule has 0 aliphatic heterocycles. The molecule has 2 rings (SSSR count). The first-order chi connectivity index (χ1) is 10.9. The number of pyridine rings is 1.